The van der Waals surface area contributed by atoms with Crippen molar-refractivity contribution in [1.82, 2.24) is 9.80 Å². The molecular formula is C34H56N2O8S. The maximum atomic E-state index is 13.6. The van der Waals surface area contributed by atoms with Crippen LogP contribution in [-0.2, 0) is 43.9 Å². The molecule has 10 nitrogen and oxygen atoms in total. The summed E-state index contributed by atoms with van der Waals surface area (Å²) >= 11 is 1.55. The quantitative estimate of drug-likeness (QED) is 0.183. The average Bonchev–Trinajstić information content (AvgIpc) is 2.80. The number of esters is 4. The van der Waals surface area contributed by atoms with Gasteiger partial charge in [0, 0.05) is 24.6 Å². The molecule has 0 unspecified atom stereocenters. The number of carbonyl (C=O) groups excluding carboxylic acids is 4. The first-order valence-electron chi connectivity index (χ1n) is 15.4. The molecular weight excluding hydrogens is 596 g/mol. The molecule has 0 saturated carbocycles. The van der Waals surface area contributed by atoms with Crippen LogP contribution in [0.4, 0.5) is 0 Å². The summed E-state index contributed by atoms with van der Waals surface area (Å²) in [7, 11) is 0. The Morgan fingerprint density at radius 1 is 0.622 bits per heavy atom. The van der Waals surface area contributed by atoms with Gasteiger partial charge in [-0.05, 0) is 88.6 Å². The molecule has 256 valence electrons. The van der Waals surface area contributed by atoms with Gasteiger partial charge >= 0.3 is 23.9 Å². The van der Waals surface area contributed by atoms with Crippen molar-refractivity contribution in [3.05, 3.63) is 35.9 Å². The van der Waals surface area contributed by atoms with Crippen LogP contribution in [0, 0.1) is 0 Å². The van der Waals surface area contributed by atoms with Crippen LogP contribution in [0.2, 0.25) is 0 Å². The molecule has 0 saturated heterocycles. The largest absolute Gasteiger partial charge is 0.459 e. The lowest BCUT2D eigenvalue weighted by Crippen LogP contribution is -2.52. The average molecular weight is 653 g/mol. The Bertz CT molecular complexity index is 1070. The van der Waals surface area contributed by atoms with Crippen LogP contribution in [0.15, 0.2) is 30.3 Å². The minimum Gasteiger partial charge on any atom is -0.459 e. The summed E-state index contributed by atoms with van der Waals surface area (Å²) in [6, 6.07) is 9.08. The molecule has 1 aromatic carbocycles. The first kappa shape index (κ1) is 40.4. The second-order valence-corrected chi connectivity index (χ2v) is 16.0. The Balaban J connectivity index is 3.35. The third-order valence-electron chi connectivity index (χ3n) is 5.51. The van der Waals surface area contributed by atoms with Gasteiger partial charge < -0.3 is 18.9 Å². The third-order valence-corrected chi connectivity index (χ3v) is 6.60. The van der Waals surface area contributed by atoms with E-state index in [9.17, 15) is 19.2 Å². The van der Waals surface area contributed by atoms with Gasteiger partial charge in [0.1, 0.15) is 28.4 Å². The zero-order valence-electron chi connectivity index (χ0n) is 29.5. The van der Waals surface area contributed by atoms with Crippen molar-refractivity contribution in [2.75, 3.05) is 38.5 Å². The van der Waals surface area contributed by atoms with Crippen LogP contribution in [0.25, 0.3) is 0 Å². The van der Waals surface area contributed by atoms with E-state index in [2.05, 4.69) is 0 Å². The van der Waals surface area contributed by atoms with Crippen molar-refractivity contribution < 1.29 is 38.1 Å². The molecule has 1 atom stereocenters. The van der Waals surface area contributed by atoms with E-state index in [4.69, 9.17) is 18.9 Å². The standard InChI is InChI=1S/C34H56N2O8S/c1-31(2,3)41-27(37)20-35(21-28(38)42-32(4,5)6)18-19-36(22-29(39)43-33(7,8)9)26(30(40)44-34(10,11)12)24-45-23-25-16-14-13-15-17-25/h13-17,26H,18-24H2,1-12H3/t26-/m1/s1. The predicted octanol–water partition coefficient (Wildman–Crippen LogP) is 5.26. The number of rotatable bonds is 15. The fourth-order valence-electron chi connectivity index (χ4n) is 4.04. The van der Waals surface area contributed by atoms with E-state index < -0.39 is 52.3 Å². The van der Waals surface area contributed by atoms with Gasteiger partial charge in [0.15, 0.2) is 0 Å². The molecule has 0 radical (unpaired) electrons. The second kappa shape index (κ2) is 17.3. The van der Waals surface area contributed by atoms with Crippen LogP contribution in [0.5, 0.6) is 0 Å². The van der Waals surface area contributed by atoms with E-state index >= 15 is 0 Å². The Labute approximate surface area is 274 Å². The maximum Gasteiger partial charge on any atom is 0.324 e. The van der Waals surface area contributed by atoms with Crippen molar-refractivity contribution in [1.29, 1.82) is 0 Å². The van der Waals surface area contributed by atoms with Crippen molar-refractivity contribution in [2.45, 2.75) is 117 Å². The lowest BCUT2D eigenvalue weighted by molar-refractivity contribution is -0.166. The molecule has 11 heteroatoms. The zero-order chi connectivity index (χ0) is 34.6. The van der Waals surface area contributed by atoms with Crippen LogP contribution in [-0.4, -0.2) is 101 Å². The van der Waals surface area contributed by atoms with Gasteiger partial charge in [0.05, 0.1) is 19.6 Å². The number of thioether (sulfide) groups is 1. The maximum absolute atomic E-state index is 13.6. The molecule has 0 aliphatic carbocycles. The smallest absolute Gasteiger partial charge is 0.324 e. The van der Waals surface area contributed by atoms with E-state index in [1.54, 1.807) is 105 Å². The number of carbonyl (C=O) groups is 4. The molecule has 45 heavy (non-hydrogen) atoms. The van der Waals surface area contributed by atoms with Gasteiger partial charge in [0.2, 0.25) is 0 Å². The van der Waals surface area contributed by atoms with Crippen LogP contribution in [0.3, 0.4) is 0 Å². The van der Waals surface area contributed by atoms with Crippen LogP contribution in [0.1, 0.15) is 88.6 Å². The van der Waals surface area contributed by atoms with E-state index in [1.165, 1.54) is 0 Å². The van der Waals surface area contributed by atoms with Crippen molar-refractivity contribution in [3.63, 3.8) is 0 Å². The molecule has 0 bridgehead atoms. The minimum atomic E-state index is -0.810. The van der Waals surface area contributed by atoms with E-state index in [1.807, 2.05) is 30.3 Å². The van der Waals surface area contributed by atoms with Gasteiger partial charge in [-0.3, -0.25) is 29.0 Å². The highest BCUT2D eigenvalue weighted by Gasteiger charge is 2.34. The summed E-state index contributed by atoms with van der Waals surface area (Å²) in [6.45, 7) is 21.1. The Kier molecular flexibility index (Phi) is 15.6. The lowest BCUT2D eigenvalue weighted by atomic mass is 10.2. The second-order valence-electron chi connectivity index (χ2n) is 15.0. The topological polar surface area (TPSA) is 112 Å². The van der Waals surface area contributed by atoms with Crippen LogP contribution >= 0.6 is 11.8 Å². The van der Waals surface area contributed by atoms with E-state index in [0.29, 0.717) is 11.5 Å². The van der Waals surface area contributed by atoms with Crippen molar-refractivity contribution >= 4 is 35.6 Å². The summed E-state index contributed by atoms with van der Waals surface area (Å²) in [5, 5.41) is 0. The molecule has 0 spiro atoms. The SMILES string of the molecule is CC(C)(C)OC(=O)CN(CCN(CC(=O)OC(C)(C)C)[C@H](CSCc1ccccc1)C(=O)OC(C)(C)C)CC(=O)OC(C)(C)C. The van der Waals surface area contributed by atoms with E-state index in [-0.39, 0.29) is 32.7 Å². The first-order chi connectivity index (χ1) is 20.4. The van der Waals surface area contributed by atoms with Gasteiger partial charge in [-0.25, -0.2) is 0 Å². The normalized spacial score (nSPS) is 13.4. The van der Waals surface area contributed by atoms with Crippen LogP contribution < -0.4 is 0 Å². The number of nitrogens with zero attached hydrogens (tertiary/aromatic N) is 2. The highest BCUT2D eigenvalue weighted by Crippen LogP contribution is 2.20. The highest BCUT2D eigenvalue weighted by atomic mass is 32.2. The number of hydrogen-bond donors (Lipinski definition) is 0. The summed E-state index contributed by atoms with van der Waals surface area (Å²) in [5.74, 6) is -1.000. The molecule has 0 amide bonds. The van der Waals surface area contributed by atoms with Gasteiger partial charge in [-0.1, -0.05) is 30.3 Å². The summed E-state index contributed by atoms with van der Waals surface area (Å²) in [5.41, 5.74) is -1.81. The van der Waals surface area contributed by atoms with Crippen molar-refractivity contribution in [2.24, 2.45) is 0 Å². The third kappa shape index (κ3) is 20.2. The summed E-state index contributed by atoms with van der Waals surface area (Å²) < 4.78 is 22.5. The molecule has 0 aliphatic rings. The monoisotopic (exact) mass is 652 g/mol. The Hall–Kier alpha value is -2.63. The molecule has 1 aromatic rings. The van der Waals surface area contributed by atoms with Crippen molar-refractivity contribution in [3.8, 4) is 0 Å². The molecule has 0 fully saturated rings. The predicted molar refractivity (Wildman–Crippen MR) is 178 cm³/mol. The molecule has 0 heterocycles. The fraction of sp³-hybridized carbons (Fsp3) is 0.706. The number of ether oxygens (including phenoxy) is 4. The zero-order valence-corrected chi connectivity index (χ0v) is 30.3. The minimum absolute atomic E-state index is 0.153. The summed E-state index contributed by atoms with van der Waals surface area (Å²) in [6.07, 6.45) is 0. The lowest BCUT2D eigenvalue weighted by Gasteiger charge is -2.34. The van der Waals surface area contributed by atoms with E-state index in [0.717, 1.165) is 5.56 Å². The number of benzene rings is 1. The Morgan fingerprint density at radius 3 is 1.47 bits per heavy atom. The Morgan fingerprint density at radius 2 is 1.04 bits per heavy atom. The molecule has 0 N–H and O–H groups in total. The first-order valence-corrected chi connectivity index (χ1v) is 16.5. The summed E-state index contributed by atoms with van der Waals surface area (Å²) in [4.78, 5) is 55.7. The molecule has 1 rings (SSSR count). The highest BCUT2D eigenvalue weighted by molar-refractivity contribution is 7.98. The fourth-order valence-corrected chi connectivity index (χ4v) is 5.15. The van der Waals surface area contributed by atoms with Gasteiger partial charge in [0.25, 0.3) is 0 Å². The molecule has 0 aliphatic heterocycles. The number of hydrogen-bond acceptors (Lipinski definition) is 11. The van der Waals surface area contributed by atoms with Gasteiger partial charge in [-0.15, -0.1) is 0 Å². The molecule has 0 aromatic heterocycles. The van der Waals surface area contributed by atoms with Gasteiger partial charge in [-0.2, -0.15) is 11.8 Å².